The summed E-state index contributed by atoms with van der Waals surface area (Å²) in [6.45, 7) is 1.59. The van der Waals surface area contributed by atoms with E-state index in [2.05, 4.69) is 0 Å². The summed E-state index contributed by atoms with van der Waals surface area (Å²) in [6.07, 6.45) is 5.70. The van der Waals surface area contributed by atoms with Gasteiger partial charge in [-0.2, -0.15) is 0 Å². The molecule has 0 aromatic carbocycles. The number of sulfonamides is 2. The first-order chi connectivity index (χ1) is 12.9. The highest BCUT2D eigenvalue weighted by Crippen LogP contribution is 2.63. The zero-order valence-corrected chi connectivity index (χ0v) is 18.6. The number of rotatable bonds is 4. The fourth-order valence-electron chi connectivity index (χ4n) is 5.93. The van der Waals surface area contributed by atoms with Crippen molar-refractivity contribution in [2.75, 3.05) is 46.5 Å². The molecule has 0 bridgehead atoms. The number of hydrogen-bond acceptors (Lipinski definition) is 5. The molecule has 2 aliphatic heterocycles. The molecule has 1 spiro atoms. The third kappa shape index (κ3) is 3.02. The summed E-state index contributed by atoms with van der Waals surface area (Å²) in [6, 6.07) is 0. The summed E-state index contributed by atoms with van der Waals surface area (Å²) in [5.74, 6) is -0.0380. The van der Waals surface area contributed by atoms with Crippen molar-refractivity contribution in [3.05, 3.63) is 0 Å². The number of hydrogen-bond donors (Lipinski definition) is 0. The molecule has 0 aromatic heterocycles. The Hall–Kier alpha value is -0.710. The molecule has 0 aromatic rings. The van der Waals surface area contributed by atoms with Crippen LogP contribution in [0.5, 0.6) is 0 Å². The van der Waals surface area contributed by atoms with Gasteiger partial charge in [-0.05, 0) is 49.9 Å². The van der Waals surface area contributed by atoms with Crippen molar-refractivity contribution in [3.8, 4) is 0 Å². The quantitative estimate of drug-likeness (QED) is 0.636. The number of piperidine rings is 1. The van der Waals surface area contributed by atoms with Crippen molar-refractivity contribution >= 4 is 26.0 Å². The van der Waals surface area contributed by atoms with Gasteiger partial charge in [0, 0.05) is 40.3 Å². The molecular weight excluding hydrogens is 402 g/mol. The predicted molar refractivity (Wildman–Crippen MR) is 105 cm³/mol. The minimum Gasteiger partial charge on any atom is -0.348 e. The number of fused-ring (bicyclic) bond motifs is 2. The first kappa shape index (κ1) is 20.6. The second-order valence-electron chi connectivity index (χ2n) is 9.47. The topological polar surface area (TPSA) is 95.1 Å². The van der Waals surface area contributed by atoms with E-state index in [1.807, 2.05) is 0 Å². The first-order valence-electron chi connectivity index (χ1n) is 10.1. The van der Waals surface area contributed by atoms with E-state index >= 15 is 0 Å². The van der Waals surface area contributed by atoms with E-state index in [-0.39, 0.29) is 29.0 Å². The van der Waals surface area contributed by atoms with Gasteiger partial charge in [-0.3, -0.25) is 4.79 Å². The molecule has 160 valence electrons. The minimum absolute atomic E-state index is 0.00792. The smallest absolute Gasteiger partial charge is 0.229 e. The van der Waals surface area contributed by atoms with Crippen LogP contribution in [-0.4, -0.2) is 88.0 Å². The summed E-state index contributed by atoms with van der Waals surface area (Å²) >= 11 is 0. The van der Waals surface area contributed by atoms with E-state index in [0.29, 0.717) is 38.9 Å². The number of nitrogens with zero attached hydrogens (tertiary/aromatic N) is 3. The van der Waals surface area contributed by atoms with Crippen LogP contribution in [-0.2, 0) is 24.8 Å². The minimum atomic E-state index is -3.38. The standard InChI is InChI=1S/C18H31N3O5S2/c1-19(2)16(22)18-7-6-17(15(18)12-21(13-18)27(3,23)24)8-10-20(11-9-17)28(25,26)14-4-5-14/h14-15H,4-13H2,1-3H3/t15-,18+/m0/s1. The number of carbonyl (C=O) groups is 1. The highest BCUT2D eigenvalue weighted by Gasteiger charge is 2.66. The van der Waals surface area contributed by atoms with E-state index in [4.69, 9.17) is 0 Å². The maximum Gasteiger partial charge on any atom is 0.229 e. The fourth-order valence-corrected chi connectivity index (χ4v) is 8.66. The van der Waals surface area contributed by atoms with Crippen molar-refractivity contribution in [1.29, 1.82) is 0 Å². The Bertz CT molecular complexity index is 873. The van der Waals surface area contributed by atoms with Crippen LogP contribution in [0.3, 0.4) is 0 Å². The lowest BCUT2D eigenvalue weighted by Gasteiger charge is -2.44. The lowest BCUT2D eigenvalue weighted by Crippen LogP contribution is -2.49. The van der Waals surface area contributed by atoms with E-state index < -0.39 is 25.5 Å². The molecule has 1 amide bonds. The molecule has 28 heavy (non-hydrogen) atoms. The third-order valence-electron chi connectivity index (χ3n) is 7.64. The molecule has 0 N–H and O–H groups in total. The molecule has 2 saturated heterocycles. The van der Waals surface area contributed by atoms with Crippen molar-refractivity contribution in [2.45, 2.75) is 43.8 Å². The van der Waals surface area contributed by atoms with E-state index in [0.717, 1.165) is 19.3 Å². The van der Waals surface area contributed by atoms with Gasteiger partial charge in [0.05, 0.1) is 16.9 Å². The number of amides is 1. The Morgan fingerprint density at radius 3 is 2.07 bits per heavy atom. The first-order valence-corrected chi connectivity index (χ1v) is 13.4. The molecule has 8 nitrogen and oxygen atoms in total. The van der Waals surface area contributed by atoms with Crippen LogP contribution in [0.25, 0.3) is 0 Å². The van der Waals surface area contributed by atoms with Crippen LogP contribution < -0.4 is 0 Å². The van der Waals surface area contributed by atoms with Gasteiger partial charge >= 0.3 is 0 Å². The maximum absolute atomic E-state index is 13.2. The Morgan fingerprint density at radius 2 is 1.57 bits per heavy atom. The molecular formula is C18H31N3O5S2. The van der Waals surface area contributed by atoms with Crippen molar-refractivity contribution in [1.82, 2.24) is 13.5 Å². The molecule has 4 aliphatic rings. The Kier molecular flexibility index (Phi) is 4.69. The van der Waals surface area contributed by atoms with Gasteiger partial charge in [-0.1, -0.05) is 0 Å². The van der Waals surface area contributed by atoms with Crippen LogP contribution in [0.4, 0.5) is 0 Å². The van der Waals surface area contributed by atoms with Crippen LogP contribution in [0.15, 0.2) is 0 Å². The highest BCUT2D eigenvalue weighted by atomic mass is 32.2. The van der Waals surface area contributed by atoms with E-state index in [1.165, 1.54) is 10.6 Å². The Morgan fingerprint density at radius 1 is 0.964 bits per heavy atom. The van der Waals surface area contributed by atoms with Crippen molar-refractivity contribution in [3.63, 3.8) is 0 Å². The third-order valence-corrected chi connectivity index (χ3v) is 11.3. The average Bonchev–Trinajstić information content (AvgIpc) is 3.33. The Labute approximate surface area is 168 Å². The van der Waals surface area contributed by atoms with Gasteiger partial charge in [-0.25, -0.2) is 25.4 Å². The predicted octanol–water partition coefficient (Wildman–Crippen LogP) is 0.321. The largest absolute Gasteiger partial charge is 0.348 e. The molecule has 2 aliphatic carbocycles. The highest BCUT2D eigenvalue weighted by molar-refractivity contribution is 7.90. The van der Waals surface area contributed by atoms with Gasteiger partial charge in [0.25, 0.3) is 0 Å². The number of carbonyl (C=O) groups excluding carboxylic acids is 1. The summed E-state index contributed by atoms with van der Waals surface area (Å²) in [4.78, 5) is 14.8. The van der Waals surface area contributed by atoms with Gasteiger partial charge in [0.2, 0.25) is 26.0 Å². The van der Waals surface area contributed by atoms with Crippen LogP contribution >= 0.6 is 0 Å². The zero-order valence-electron chi connectivity index (χ0n) is 16.9. The Balaban J connectivity index is 1.61. The molecule has 0 radical (unpaired) electrons. The fraction of sp³-hybridized carbons (Fsp3) is 0.944. The summed E-state index contributed by atoms with van der Waals surface area (Å²) < 4.78 is 52.8. The second-order valence-corrected chi connectivity index (χ2v) is 13.7. The summed E-state index contributed by atoms with van der Waals surface area (Å²) in [5.41, 5.74) is -0.829. The van der Waals surface area contributed by atoms with Crippen LogP contribution in [0.2, 0.25) is 0 Å². The van der Waals surface area contributed by atoms with Crippen LogP contribution in [0.1, 0.15) is 38.5 Å². The monoisotopic (exact) mass is 433 g/mol. The van der Waals surface area contributed by atoms with Gasteiger partial charge in [0.15, 0.2) is 0 Å². The molecule has 4 fully saturated rings. The van der Waals surface area contributed by atoms with E-state index in [1.54, 1.807) is 23.3 Å². The molecule has 2 atom stereocenters. The SMILES string of the molecule is CN(C)C(=O)[C@@]12CCC3(CCN(S(=O)(=O)C4CC4)CC3)[C@@H]1CN(S(C)(=O)=O)C2. The average molecular weight is 434 g/mol. The van der Waals surface area contributed by atoms with Gasteiger partial charge in [0.1, 0.15) is 0 Å². The molecule has 4 rings (SSSR count). The van der Waals surface area contributed by atoms with E-state index in [9.17, 15) is 21.6 Å². The molecule has 2 heterocycles. The summed E-state index contributed by atoms with van der Waals surface area (Å²) in [7, 11) is -3.10. The van der Waals surface area contributed by atoms with Crippen LogP contribution in [0, 0.1) is 16.7 Å². The maximum atomic E-state index is 13.2. The zero-order chi connectivity index (χ0) is 20.5. The van der Waals surface area contributed by atoms with Gasteiger partial charge < -0.3 is 4.90 Å². The molecule has 0 unspecified atom stereocenters. The molecule has 10 heteroatoms. The summed E-state index contributed by atoms with van der Waals surface area (Å²) in [5, 5.41) is -0.202. The van der Waals surface area contributed by atoms with Crippen molar-refractivity contribution in [2.24, 2.45) is 16.7 Å². The second kappa shape index (κ2) is 6.39. The molecule has 2 saturated carbocycles. The lowest BCUT2D eigenvalue weighted by molar-refractivity contribution is -0.141. The normalized spacial score (nSPS) is 33.9. The van der Waals surface area contributed by atoms with Crippen molar-refractivity contribution < 1.29 is 21.6 Å². The van der Waals surface area contributed by atoms with Gasteiger partial charge in [-0.15, -0.1) is 0 Å². The lowest BCUT2D eigenvalue weighted by atomic mass is 9.66.